The summed E-state index contributed by atoms with van der Waals surface area (Å²) in [6, 6.07) is 24.6. The minimum atomic E-state index is -1.02. The Morgan fingerprint density at radius 1 is 1.00 bits per heavy atom. The predicted octanol–water partition coefficient (Wildman–Crippen LogP) is 7.18. The Labute approximate surface area is 244 Å². The minimum Gasteiger partial charge on any atom is -0.507 e. The SMILES string of the molecule is C[C@@H]1Cc2cc(C(O)=C3C(=O)C(=O)N(c4nc5ccc(F)cc5s4)[C@@H]3c3cccc(Oc4ccccc4)c3)ccc2O1. The van der Waals surface area contributed by atoms with Crippen molar-refractivity contribution in [2.45, 2.75) is 25.5 Å². The van der Waals surface area contributed by atoms with Gasteiger partial charge in [-0.3, -0.25) is 14.5 Å². The maximum atomic E-state index is 14.0. The van der Waals surface area contributed by atoms with Gasteiger partial charge in [-0.25, -0.2) is 9.37 Å². The lowest BCUT2D eigenvalue weighted by Gasteiger charge is -2.23. The van der Waals surface area contributed by atoms with E-state index in [-0.39, 0.29) is 22.6 Å². The first-order valence-electron chi connectivity index (χ1n) is 13.4. The number of hydrogen-bond acceptors (Lipinski definition) is 7. The van der Waals surface area contributed by atoms with Gasteiger partial charge in [0.1, 0.15) is 34.9 Å². The molecule has 2 aliphatic rings. The number of aromatic nitrogens is 1. The number of para-hydroxylation sites is 1. The molecule has 3 heterocycles. The molecule has 1 aromatic heterocycles. The molecule has 1 amide bonds. The van der Waals surface area contributed by atoms with Gasteiger partial charge in [-0.1, -0.05) is 41.7 Å². The summed E-state index contributed by atoms with van der Waals surface area (Å²) < 4.78 is 26.3. The fourth-order valence-electron chi connectivity index (χ4n) is 5.43. The van der Waals surface area contributed by atoms with Gasteiger partial charge in [-0.05, 0) is 78.7 Å². The van der Waals surface area contributed by atoms with Gasteiger partial charge in [0, 0.05) is 12.0 Å². The molecule has 0 radical (unpaired) electrons. The molecular formula is C33H23FN2O5S. The number of thiazole rings is 1. The lowest BCUT2D eigenvalue weighted by atomic mass is 9.94. The number of rotatable bonds is 5. The molecule has 7 rings (SSSR count). The number of hydrogen-bond donors (Lipinski definition) is 1. The highest BCUT2D eigenvalue weighted by Crippen LogP contribution is 2.45. The van der Waals surface area contributed by atoms with E-state index in [1.807, 2.05) is 37.3 Å². The first-order valence-corrected chi connectivity index (χ1v) is 14.2. The summed E-state index contributed by atoms with van der Waals surface area (Å²) in [6.45, 7) is 1.96. The Bertz CT molecular complexity index is 1920. The van der Waals surface area contributed by atoms with Crippen LogP contribution in [0.15, 0.2) is 96.6 Å². The van der Waals surface area contributed by atoms with Crippen molar-refractivity contribution in [1.82, 2.24) is 4.98 Å². The largest absolute Gasteiger partial charge is 0.507 e. The zero-order chi connectivity index (χ0) is 29.0. The maximum absolute atomic E-state index is 14.0. The van der Waals surface area contributed by atoms with Crippen LogP contribution in [-0.4, -0.2) is 27.9 Å². The Morgan fingerprint density at radius 2 is 1.81 bits per heavy atom. The van der Waals surface area contributed by atoms with E-state index in [1.165, 1.54) is 23.1 Å². The standard InChI is InChI=1S/C33H23FN2O5S/c1-18-14-21-15-20(10-13-26(21)40-18)30(37)28-29(19-6-5-9-24(16-19)41-23-7-3-2-4-8-23)36(32(39)31(28)38)33-35-25-12-11-22(34)17-27(25)42-33/h2-13,15-18,29,37H,14H2,1H3/t18-,29-/m1/s1. The third-order valence-electron chi connectivity index (χ3n) is 7.31. The minimum absolute atomic E-state index is 0.000738. The van der Waals surface area contributed by atoms with Crippen LogP contribution < -0.4 is 14.4 Å². The highest BCUT2D eigenvalue weighted by atomic mass is 32.1. The second-order valence-corrected chi connectivity index (χ2v) is 11.2. The average molecular weight is 579 g/mol. The lowest BCUT2D eigenvalue weighted by Crippen LogP contribution is -2.29. The first kappa shape index (κ1) is 25.9. The summed E-state index contributed by atoms with van der Waals surface area (Å²) in [5, 5.41) is 11.8. The van der Waals surface area contributed by atoms with E-state index in [0.717, 1.165) is 22.6 Å². The van der Waals surface area contributed by atoms with Gasteiger partial charge in [0.25, 0.3) is 5.78 Å². The number of carbonyl (C=O) groups excluding carboxylic acids is 2. The number of fused-ring (bicyclic) bond motifs is 2. The van der Waals surface area contributed by atoms with Gasteiger partial charge >= 0.3 is 5.91 Å². The molecule has 0 unspecified atom stereocenters. The van der Waals surface area contributed by atoms with Crippen LogP contribution in [-0.2, 0) is 16.0 Å². The van der Waals surface area contributed by atoms with Gasteiger partial charge in [-0.2, -0.15) is 0 Å². The summed E-state index contributed by atoms with van der Waals surface area (Å²) in [4.78, 5) is 33.2. The van der Waals surface area contributed by atoms with Crippen molar-refractivity contribution in [2.75, 3.05) is 4.90 Å². The summed E-state index contributed by atoms with van der Waals surface area (Å²) in [5.41, 5.74) is 2.26. The van der Waals surface area contributed by atoms with Crippen molar-refractivity contribution in [3.8, 4) is 17.2 Å². The molecule has 0 aliphatic carbocycles. The molecule has 4 aromatic carbocycles. The molecule has 7 nitrogen and oxygen atoms in total. The smallest absolute Gasteiger partial charge is 0.301 e. The van der Waals surface area contributed by atoms with Crippen LogP contribution in [0.4, 0.5) is 9.52 Å². The molecule has 0 saturated carbocycles. The van der Waals surface area contributed by atoms with Crippen molar-refractivity contribution in [3.63, 3.8) is 0 Å². The van der Waals surface area contributed by atoms with Crippen molar-refractivity contribution in [3.05, 3.63) is 119 Å². The molecule has 5 aromatic rings. The molecule has 1 N–H and O–H groups in total. The third-order valence-corrected chi connectivity index (χ3v) is 8.33. The van der Waals surface area contributed by atoms with Crippen LogP contribution in [0.2, 0.25) is 0 Å². The normalized spacial score (nSPS) is 19.2. The van der Waals surface area contributed by atoms with Crippen molar-refractivity contribution >= 4 is 44.1 Å². The van der Waals surface area contributed by atoms with E-state index in [4.69, 9.17) is 9.47 Å². The van der Waals surface area contributed by atoms with Gasteiger partial charge < -0.3 is 14.6 Å². The van der Waals surface area contributed by atoms with E-state index in [1.54, 1.807) is 42.5 Å². The monoisotopic (exact) mass is 578 g/mol. The highest BCUT2D eigenvalue weighted by molar-refractivity contribution is 7.22. The van der Waals surface area contributed by atoms with Gasteiger partial charge in [0.15, 0.2) is 5.13 Å². The second kappa shape index (κ2) is 10.1. The third kappa shape index (κ3) is 4.48. The molecule has 2 atom stereocenters. The Balaban J connectivity index is 1.38. The Hall–Kier alpha value is -5.02. The molecule has 42 heavy (non-hydrogen) atoms. The molecular weight excluding hydrogens is 555 g/mol. The Kier molecular flexibility index (Phi) is 6.24. The number of aliphatic hydroxyl groups is 1. The van der Waals surface area contributed by atoms with Crippen LogP contribution in [0.5, 0.6) is 17.2 Å². The number of halogens is 1. The van der Waals surface area contributed by atoms with Crippen LogP contribution >= 0.6 is 11.3 Å². The van der Waals surface area contributed by atoms with E-state index in [0.29, 0.717) is 39.3 Å². The number of ether oxygens (including phenoxy) is 2. The first-order chi connectivity index (χ1) is 20.4. The van der Waals surface area contributed by atoms with Crippen LogP contribution in [0.1, 0.15) is 29.7 Å². The Morgan fingerprint density at radius 3 is 2.64 bits per heavy atom. The van der Waals surface area contributed by atoms with E-state index < -0.39 is 23.5 Å². The quantitative estimate of drug-likeness (QED) is 0.135. The summed E-state index contributed by atoms with van der Waals surface area (Å²) in [7, 11) is 0. The second-order valence-electron chi connectivity index (χ2n) is 10.2. The van der Waals surface area contributed by atoms with Crippen molar-refractivity contribution < 1.29 is 28.6 Å². The van der Waals surface area contributed by atoms with Crippen LogP contribution in [0.25, 0.3) is 16.0 Å². The highest BCUT2D eigenvalue weighted by Gasteiger charge is 2.48. The maximum Gasteiger partial charge on any atom is 0.301 e. The molecule has 208 valence electrons. The van der Waals surface area contributed by atoms with E-state index in [2.05, 4.69) is 4.98 Å². The van der Waals surface area contributed by atoms with E-state index in [9.17, 15) is 19.1 Å². The lowest BCUT2D eigenvalue weighted by molar-refractivity contribution is -0.132. The number of amides is 1. The summed E-state index contributed by atoms with van der Waals surface area (Å²) in [5.74, 6) is -0.591. The molecule has 0 spiro atoms. The number of aliphatic hydroxyl groups excluding tert-OH is 1. The number of benzene rings is 4. The topological polar surface area (TPSA) is 89.0 Å². The number of carbonyl (C=O) groups is 2. The van der Waals surface area contributed by atoms with Crippen LogP contribution in [0, 0.1) is 5.82 Å². The van der Waals surface area contributed by atoms with Gasteiger partial charge in [0.05, 0.1) is 21.8 Å². The molecule has 1 fully saturated rings. The van der Waals surface area contributed by atoms with E-state index >= 15 is 0 Å². The molecule has 0 bridgehead atoms. The zero-order valence-electron chi connectivity index (χ0n) is 22.3. The van der Waals surface area contributed by atoms with Crippen molar-refractivity contribution in [1.29, 1.82) is 0 Å². The molecule has 9 heteroatoms. The number of nitrogens with zero attached hydrogens (tertiary/aromatic N) is 2. The zero-order valence-corrected chi connectivity index (χ0v) is 23.1. The fourth-order valence-corrected chi connectivity index (χ4v) is 6.45. The average Bonchev–Trinajstić information content (AvgIpc) is 3.65. The number of Topliss-reactive ketones (excluding diaryl/α,β-unsaturated/α-hetero) is 1. The van der Waals surface area contributed by atoms with Crippen LogP contribution in [0.3, 0.4) is 0 Å². The van der Waals surface area contributed by atoms with Crippen molar-refractivity contribution in [2.24, 2.45) is 0 Å². The molecule has 2 aliphatic heterocycles. The predicted molar refractivity (Wildman–Crippen MR) is 158 cm³/mol. The van der Waals surface area contributed by atoms with Gasteiger partial charge in [-0.15, -0.1) is 0 Å². The summed E-state index contributed by atoms with van der Waals surface area (Å²) in [6.07, 6.45) is 0.661. The van der Waals surface area contributed by atoms with Gasteiger partial charge in [0.2, 0.25) is 0 Å². The number of anilines is 1. The molecule has 1 saturated heterocycles. The fraction of sp³-hybridized carbons (Fsp3) is 0.121. The number of ketones is 1. The summed E-state index contributed by atoms with van der Waals surface area (Å²) >= 11 is 1.10.